The van der Waals surface area contributed by atoms with Gasteiger partial charge in [-0.25, -0.2) is 0 Å². The van der Waals surface area contributed by atoms with Crippen molar-refractivity contribution in [1.82, 2.24) is 0 Å². The first-order valence-electron chi connectivity index (χ1n) is 7.99. The summed E-state index contributed by atoms with van der Waals surface area (Å²) >= 11 is 5.82. The van der Waals surface area contributed by atoms with Crippen molar-refractivity contribution in [3.63, 3.8) is 0 Å². The Hall–Kier alpha value is -2.53. The molecular weight excluding hydrogens is 340 g/mol. The first-order valence-corrected chi connectivity index (χ1v) is 8.37. The molecule has 25 heavy (non-hydrogen) atoms. The Morgan fingerprint density at radius 2 is 1.32 bits per heavy atom. The third-order valence-corrected chi connectivity index (χ3v) is 3.69. The van der Waals surface area contributed by atoms with Gasteiger partial charge in [0.2, 0.25) is 5.91 Å². The van der Waals surface area contributed by atoms with E-state index in [0.717, 1.165) is 0 Å². The van der Waals surface area contributed by atoms with Crippen molar-refractivity contribution in [2.75, 3.05) is 10.6 Å². The maximum absolute atomic E-state index is 12.2. The van der Waals surface area contributed by atoms with Gasteiger partial charge in [-0.1, -0.05) is 25.4 Å². The van der Waals surface area contributed by atoms with Crippen LogP contribution in [0.3, 0.4) is 0 Å². The van der Waals surface area contributed by atoms with E-state index in [1.165, 1.54) is 0 Å². The summed E-state index contributed by atoms with van der Waals surface area (Å²) in [5.41, 5.74) is 1.31. The summed E-state index contributed by atoms with van der Waals surface area (Å²) in [4.78, 5) is 23.9. The van der Waals surface area contributed by atoms with Crippen molar-refractivity contribution in [3.05, 3.63) is 53.6 Å². The van der Waals surface area contributed by atoms with Crippen LogP contribution in [-0.4, -0.2) is 17.9 Å². The quantitative estimate of drug-likeness (QED) is 0.805. The number of amides is 2. The van der Waals surface area contributed by atoms with Crippen molar-refractivity contribution in [2.24, 2.45) is 5.92 Å². The zero-order chi connectivity index (χ0) is 18.4. The number of hydrogen-bond acceptors (Lipinski definition) is 3. The predicted molar refractivity (Wildman–Crippen MR) is 100 cm³/mol. The second-order valence-corrected chi connectivity index (χ2v) is 6.36. The summed E-state index contributed by atoms with van der Waals surface area (Å²) in [7, 11) is 0. The van der Waals surface area contributed by atoms with E-state index >= 15 is 0 Å². The smallest absolute Gasteiger partial charge is 0.265 e. The lowest BCUT2D eigenvalue weighted by atomic mass is 10.2. The molecule has 0 saturated carbocycles. The molecule has 2 aromatic carbocycles. The van der Waals surface area contributed by atoms with Crippen LogP contribution < -0.4 is 15.4 Å². The molecule has 0 fully saturated rings. The molecule has 0 radical (unpaired) electrons. The van der Waals surface area contributed by atoms with Gasteiger partial charge in [-0.15, -0.1) is 0 Å². The van der Waals surface area contributed by atoms with Gasteiger partial charge >= 0.3 is 0 Å². The van der Waals surface area contributed by atoms with Crippen LogP contribution >= 0.6 is 11.6 Å². The number of rotatable bonds is 6. The first kappa shape index (κ1) is 18.8. The molecule has 2 rings (SSSR count). The molecule has 2 amide bonds. The molecule has 0 aliphatic carbocycles. The molecule has 0 unspecified atom stereocenters. The molecule has 0 bridgehead atoms. The molecule has 0 aliphatic heterocycles. The number of halogens is 1. The SMILES string of the molecule is CC(C)C(=O)Nc1ccc(NC(=O)[C@@H](C)Oc2ccc(Cl)cc2)cc1. The summed E-state index contributed by atoms with van der Waals surface area (Å²) in [6.07, 6.45) is -0.665. The standard InChI is InChI=1S/C19H21ClN2O3/c1-12(2)18(23)21-15-6-8-16(9-7-15)22-19(24)13(3)25-17-10-4-14(20)5-11-17/h4-13H,1-3H3,(H,21,23)(H,22,24)/t13-/m1/s1. The number of carbonyl (C=O) groups excluding carboxylic acids is 2. The van der Waals surface area contributed by atoms with Crippen molar-refractivity contribution < 1.29 is 14.3 Å². The van der Waals surface area contributed by atoms with Gasteiger partial charge in [-0.2, -0.15) is 0 Å². The number of carbonyl (C=O) groups is 2. The second kappa shape index (κ2) is 8.53. The van der Waals surface area contributed by atoms with Gasteiger partial charge in [0.15, 0.2) is 6.10 Å². The molecule has 0 spiro atoms. The number of hydrogen-bond donors (Lipinski definition) is 2. The van der Waals surface area contributed by atoms with E-state index < -0.39 is 6.10 Å². The first-order chi connectivity index (χ1) is 11.8. The fourth-order valence-corrected chi connectivity index (χ4v) is 2.06. The third kappa shape index (κ3) is 5.80. The van der Waals surface area contributed by atoms with Crippen molar-refractivity contribution in [3.8, 4) is 5.75 Å². The summed E-state index contributed by atoms with van der Waals surface area (Å²) in [5, 5.41) is 6.17. The van der Waals surface area contributed by atoms with E-state index in [0.29, 0.717) is 22.1 Å². The fraction of sp³-hybridized carbons (Fsp3) is 0.263. The molecule has 2 aromatic rings. The highest BCUT2D eigenvalue weighted by atomic mass is 35.5. The maximum Gasteiger partial charge on any atom is 0.265 e. The van der Waals surface area contributed by atoms with Crippen LogP contribution in [0.4, 0.5) is 11.4 Å². The highest BCUT2D eigenvalue weighted by Gasteiger charge is 2.15. The highest BCUT2D eigenvalue weighted by Crippen LogP contribution is 2.18. The lowest BCUT2D eigenvalue weighted by molar-refractivity contribution is -0.122. The molecule has 2 N–H and O–H groups in total. The Labute approximate surface area is 152 Å². The number of anilines is 2. The van der Waals surface area contributed by atoms with Gasteiger partial charge in [0.25, 0.3) is 5.91 Å². The van der Waals surface area contributed by atoms with Gasteiger partial charge in [0, 0.05) is 22.3 Å². The summed E-state index contributed by atoms with van der Waals surface area (Å²) < 4.78 is 5.58. The van der Waals surface area contributed by atoms with Crippen LogP contribution in [0.25, 0.3) is 0 Å². The van der Waals surface area contributed by atoms with Crippen LogP contribution in [0.15, 0.2) is 48.5 Å². The molecule has 0 aromatic heterocycles. The summed E-state index contributed by atoms with van der Waals surface area (Å²) in [6, 6.07) is 13.7. The fourth-order valence-electron chi connectivity index (χ4n) is 1.94. The zero-order valence-electron chi connectivity index (χ0n) is 14.4. The Balaban J connectivity index is 1.91. The molecule has 0 heterocycles. The minimum absolute atomic E-state index is 0.0539. The molecular formula is C19H21ClN2O3. The minimum atomic E-state index is -0.665. The minimum Gasteiger partial charge on any atom is -0.481 e. The summed E-state index contributed by atoms with van der Waals surface area (Å²) in [5.74, 6) is 0.153. The van der Waals surface area contributed by atoms with Crippen LogP contribution in [0.2, 0.25) is 5.02 Å². The Morgan fingerprint density at radius 3 is 1.80 bits per heavy atom. The molecule has 5 nitrogen and oxygen atoms in total. The third-order valence-electron chi connectivity index (χ3n) is 3.44. The molecule has 0 saturated heterocycles. The second-order valence-electron chi connectivity index (χ2n) is 5.92. The van der Waals surface area contributed by atoms with Crippen molar-refractivity contribution in [2.45, 2.75) is 26.9 Å². The van der Waals surface area contributed by atoms with Gasteiger partial charge < -0.3 is 15.4 Å². The molecule has 0 aliphatic rings. The van der Waals surface area contributed by atoms with Crippen LogP contribution in [0, 0.1) is 5.92 Å². The topological polar surface area (TPSA) is 67.4 Å². The van der Waals surface area contributed by atoms with Gasteiger partial charge in [-0.3, -0.25) is 9.59 Å². The monoisotopic (exact) mass is 360 g/mol. The largest absolute Gasteiger partial charge is 0.481 e. The average molecular weight is 361 g/mol. The number of benzene rings is 2. The Morgan fingerprint density at radius 1 is 0.840 bits per heavy atom. The van der Waals surface area contributed by atoms with E-state index in [-0.39, 0.29) is 17.7 Å². The van der Waals surface area contributed by atoms with Gasteiger partial charge in [-0.05, 0) is 55.5 Å². The Bertz CT molecular complexity index is 727. The van der Waals surface area contributed by atoms with Gasteiger partial charge in [0.05, 0.1) is 0 Å². The predicted octanol–water partition coefficient (Wildman–Crippen LogP) is 4.34. The lowest BCUT2D eigenvalue weighted by Crippen LogP contribution is -2.30. The molecule has 1 atom stereocenters. The lowest BCUT2D eigenvalue weighted by Gasteiger charge is -2.15. The molecule has 6 heteroatoms. The summed E-state index contributed by atoms with van der Waals surface area (Å²) in [6.45, 7) is 5.32. The van der Waals surface area contributed by atoms with Crippen molar-refractivity contribution in [1.29, 1.82) is 0 Å². The van der Waals surface area contributed by atoms with E-state index in [2.05, 4.69) is 10.6 Å². The number of nitrogens with one attached hydrogen (secondary N) is 2. The highest BCUT2D eigenvalue weighted by molar-refractivity contribution is 6.30. The van der Waals surface area contributed by atoms with Crippen molar-refractivity contribution >= 4 is 34.8 Å². The number of ether oxygens (including phenoxy) is 1. The van der Waals surface area contributed by atoms with Crippen LogP contribution in [-0.2, 0) is 9.59 Å². The van der Waals surface area contributed by atoms with E-state index in [1.807, 2.05) is 13.8 Å². The zero-order valence-corrected chi connectivity index (χ0v) is 15.1. The Kier molecular flexibility index (Phi) is 6.42. The van der Waals surface area contributed by atoms with Crippen LogP contribution in [0.1, 0.15) is 20.8 Å². The molecule has 132 valence electrons. The van der Waals surface area contributed by atoms with E-state index in [9.17, 15) is 9.59 Å². The van der Waals surface area contributed by atoms with Crippen LogP contribution in [0.5, 0.6) is 5.75 Å². The average Bonchev–Trinajstić information content (AvgIpc) is 2.58. The van der Waals surface area contributed by atoms with E-state index in [1.54, 1.807) is 55.5 Å². The van der Waals surface area contributed by atoms with Gasteiger partial charge in [0.1, 0.15) is 5.75 Å². The normalized spacial score (nSPS) is 11.7. The van der Waals surface area contributed by atoms with E-state index in [4.69, 9.17) is 16.3 Å². The maximum atomic E-state index is 12.2.